The van der Waals surface area contributed by atoms with Crippen molar-refractivity contribution in [3.63, 3.8) is 0 Å². The molecular formula is C19H31N3O2. The Kier molecular flexibility index (Phi) is 7.37. The van der Waals surface area contributed by atoms with E-state index in [0.29, 0.717) is 6.54 Å². The molecule has 1 aromatic rings. The summed E-state index contributed by atoms with van der Waals surface area (Å²) in [6.45, 7) is 10.00. The monoisotopic (exact) mass is 333 g/mol. The zero-order valence-electron chi connectivity index (χ0n) is 15.2. The lowest BCUT2D eigenvalue weighted by molar-refractivity contribution is 0.192. The fourth-order valence-electron chi connectivity index (χ4n) is 3.02. The Morgan fingerprint density at radius 1 is 1.33 bits per heavy atom. The third-order valence-electron chi connectivity index (χ3n) is 4.28. The van der Waals surface area contributed by atoms with Crippen LogP contribution in [0, 0.1) is 0 Å². The van der Waals surface area contributed by atoms with E-state index in [1.807, 2.05) is 26.0 Å². The van der Waals surface area contributed by atoms with E-state index in [0.717, 1.165) is 44.6 Å². The van der Waals surface area contributed by atoms with Gasteiger partial charge in [-0.2, -0.15) is 0 Å². The van der Waals surface area contributed by atoms with Crippen LogP contribution in [-0.2, 0) is 6.42 Å². The number of hydrogen-bond donors (Lipinski definition) is 2. The van der Waals surface area contributed by atoms with Gasteiger partial charge in [-0.05, 0) is 63.9 Å². The first-order valence-electron chi connectivity index (χ1n) is 9.09. The topological polar surface area (TPSA) is 53.6 Å². The summed E-state index contributed by atoms with van der Waals surface area (Å²) in [7, 11) is 0. The Balaban J connectivity index is 1.67. The Morgan fingerprint density at radius 2 is 2.08 bits per heavy atom. The molecule has 0 aromatic heterocycles. The number of likely N-dealkylation sites (N-methyl/N-ethyl adjacent to an activating group) is 1. The van der Waals surface area contributed by atoms with E-state index in [4.69, 9.17) is 4.74 Å². The van der Waals surface area contributed by atoms with Crippen LogP contribution in [0.2, 0.25) is 0 Å². The normalized spacial score (nSPS) is 18.4. The smallest absolute Gasteiger partial charge is 0.315 e. The van der Waals surface area contributed by atoms with Crippen molar-refractivity contribution in [2.75, 3.05) is 26.2 Å². The molecule has 1 atom stereocenters. The first-order valence-corrected chi connectivity index (χ1v) is 9.09. The highest BCUT2D eigenvalue weighted by atomic mass is 16.5. The van der Waals surface area contributed by atoms with E-state index < -0.39 is 0 Å². The molecule has 2 amide bonds. The molecule has 0 bridgehead atoms. The first kappa shape index (κ1) is 18.6. The van der Waals surface area contributed by atoms with Crippen LogP contribution in [0.5, 0.6) is 5.75 Å². The van der Waals surface area contributed by atoms with Crippen LogP contribution >= 0.6 is 0 Å². The number of nitrogens with one attached hydrogen (secondary N) is 2. The van der Waals surface area contributed by atoms with Gasteiger partial charge in [0.2, 0.25) is 0 Å². The summed E-state index contributed by atoms with van der Waals surface area (Å²) in [6.07, 6.45) is 3.23. The number of carbonyl (C=O) groups is 1. The zero-order valence-corrected chi connectivity index (χ0v) is 15.2. The van der Waals surface area contributed by atoms with Crippen molar-refractivity contribution in [1.29, 1.82) is 0 Å². The first-order chi connectivity index (χ1) is 11.6. The Hall–Kier alpha value is -1.75. The molecule has 1 aliphatic rings. The molecule has 1 unspecified atom stereocenters. The number of nitrogens with zero attached hydrogens (tertiary/aromatic N) is 1. The third kappa shape index (κ3) is 6.40. The van der Waals surface area contributed by atoms with Crippen molar-refractivity contribution in [3.8, 4) is 5.75 Å². The fraction of sp³-hybridized carbons (Fsp3) is 0.632. The second-order valence-corrected chi connectivity index (χ2v) is 6.69. The molecule has 5 heteroatoms. The highest BCUT2D eigenvalue weighted by Gasteiger charge is 2.19. The van der Waals surface area contributed by atoms with Crippen molar-refractivity contribution < 1.29 is 9.53 Å². The number of carbonyl (C=O) groups excluding carboxylic acids is 1. The second-order valence-electron chi connectivity index (χ2n) is 6.69. The molecule has 2 rings (SSSR count). The molecule has 1 fully saturated rings. The molecule has 1 aromatic carbocycles. The summed E-state index contributed by atoms with van der Waals surface area (Å²) in [5, 5.41) is 6.05. The van der Waals surface area contributed by atoms with Gasteiger partial charge in [0, 0.05) is 19.1 Å². The maximum absolute atomic E-state index is 12.0. The minimum absolute atomic E-state index is 0.0577. The van der Waals surface area contributed by atoms with Gasteiger partial charge in [0.05, 0.1) is 6.10 Å². The predicted octanol–water partition coefficient (Wildman–Crippen LogP) is 2.80. The molecule has 24 heavy (non-hydrogen) atoms. The Bertz CT molecular complexity index is 502. The molecule has 0 aliphatic carbocycles. The SMILES string of the molecule is CCN1CCCC(NC(=O)NCCc2ccc(OC(C)C)cc2)C1. The van der Waals surface area contributed by atoms with Gasteiger partial charge in [-0.15, -0.1) is 0 Å². The van der Waals surface area contributed by atoms with Crippen LogP contribution in [0.3, 0.4) is 0 Å². The molecule has 1 heterocycles. The Labute approximate surface area is 145 Å². The van der Waals surface area contributed by atoms with Crippen LogP contribution in [0.1, 0.15) is 39.2 Å². The van der Waals surface area contributed by atoms with Crippen molar-refractivity contribution in [1.82, 2.24) is 15.5 Å². The average Bonchev–Trinajstić information content (AvgIpc) is 2.56. The summed E-state index contributed by atoms with van der Waals surface area (Å²) in [5.41, 5.74) is 1.20. The standard InChI is InChI=1S/C19H31N3O2/c1-4-22-13-5-6-17(14-22)21-19(23)20-12-11-16-7-9-18(10-8-16)24-15(2)3/h7-10,15,17H,4-6,11-14H2,1-3H3,(H2,20,21,23). The number of amides is 2. The Morgan fingerprint density at radius 3 is 2.75 bits per heavy atom. The highest BCUT2D eigenvalue weighted by molar-refractivity contribution is 5.74. The van der Waals surface area contributed by atoms with Gasteiger partial charge in [0.15, 0.2) is 0 Å². The van der Waals surface area contributed by atoms with E-state index in [1.165, 1.54) is 5.56 Å². The van der Waals surface area contributed by atoms with Crippen LogP contribution in [0.25, 0.3) is 0 Å². The highest BCUT2D eigenvalue weighted by Crippen LogP contribution is 2.14. The van der Waals surface area contributed by atoms with E-state index in [-0.39, 0.29) is 18.2 Å². The van der Waals surface area contributed by atoms with Crippen molar-refractivity contribution in [3.05, 3.63) is 29.8 Å². The number of likely N-dealkylation sites (tertiary alicyclic amines) is 1. The van der Waals surface area contributed by atoms with Crippen LogP contribution < -0.4 is 15.4 Å². The van der Waals surface area contributed by atoms with Crippen LogP contribution in [0.4, 0.5) is 4.79 Å². The van der Waals surface area contributed by atoms with E-state index in [2.05, 4.69) is 34.6 Å². The molecule has 2 N–H and O–H groups in total. The molecule has 0 saturated carbocycles. The molecule has 1 saturated heterocycles. The van der Waals surface area contributed by atoms with Crippen molar-refractivity contribution in [2.45, 2.75) is 52.2 Å². The summed E-state index contributed by atoms with van der Waals surface area (Å²) in [4.78, 5) is 14.4. The summed E-state index contributed by atoms with van der Waals surface area (Å²) >= 11 is 0. The van der Waals surface area contributed by atoms with Gasteiger partial charge in [0.1, 0.15) is 5.75 Å². The van der Waals surface area contributed by atoms with Crippen LogP contribution in [-0.4, -0.2) is 49.3 Å². The summed E-state index contributed by atoms with van der Waals surface area (Å²) in [6, 6.07) is 8.28. The van der Waals surface area contributed by atoms with Gasteiger partial charge in [-0.3, -0.25) is 0 Å². The van der Waals surface area contributed by atoms with Gasteiger partial charge in [0.25, 0.3) is 0 Å². The van der Waals surface area contributed by atoms with E-state index in [9.17, 15) is 4.79 Å². The number of piperidine rings is 1. The van der Waals surface area contributed by atoms with Crippen molar-refractivity contribution >= 4 is 6.03 Å². The predicted molar refractivity (Wildman–Crippen MR) is 97.6 cm³/mol. The second kappa shape index (κ2) is 9.52. The van der Waals surface area contributed by atoms with Gasteiger partial charge in [-0.1, -0.05) is 19.1 Å². The molecule has 0 radical (unpaired) electrons. The quantitative estimate of drug-likeness (QED) is 0.807. The lowest BCUT2D eigenvalue weighted by Gasteiger charge is -2.32. The fourth-order valence-corrected chi connectivity index (χ4v) is 3.02. The summed E-state index contributed by atoms with van der Waals surface area (Å²) in [5.74, 6) is 0.886. The lowest BCUT2D eigenvalue weighted by atomic mass is 10.1. The molecule has 0 spiro atoms. The maximum atomic E-state index is 12.0. The van der Waals surface area contributed by atoms with Crippen molar-refractivity contribution in [2.24, 2.45) is 0 Å². The van der Waals surface area contributed by atoms with Gasteiger partial charge in [-0.25, -0.2) is 4.79 Å². The van der Waals surface area contributed by atoms with Gasteiger partial charge < -0.3 is 20.3 Å². The molecule has 134 valence electrons. The zero-order chi connectivity index (χ0) is 17.4. The average molecular weight is 333 g/mol. The molecule has 5 nitrogen and oxygen atoms in total. The van der Waals surface area contributed by atoms with E-state index >= 15 is 0 Å². The van der Waals surface area contributed by atoms with Gasteiger partial charge >= 0.3 is 6.03 Å². The molecular weight excluding hydrogens is 302 g/mol. The number of benzene rings is 1. The number of ether oxygens (including phenoxy) is 1. The number of urea groups is 1. The number of hydrogen-bond acceptors (Lipinski definition) is 3. The summed E-state index contributed by atoms with van der Waals surface area (Å²) < 4.78 is 5.63. The maximum Gasteiger partial charge on any atom is 0.315 e. The third-order valence-corrected chi connectivity index (χ3v) is 4.28. The van der Waals surface area contributed by atoms with E-state index in [1.54, 1.807) is 0 Å². The van der Waals surface area contributed by atoms with Crippen LogP contribution in [0.15, 0.2) is 24.3 Å². The number of rotatable bonds is 7. The molecule has 1 aliphatic heterocycles. The largest absolute Gasteiger partial charge is 0.491 e. The minimum atomic E-state index is -0.0577. The lowest BCUT2D eigenvalue weighted by Crippen LogP contribution is -2.50. The minimum Gasteiger partial charge on any atom is -0.491 e.